The van der Waals surface area contributed by atoms with Crippen LogP contribution in [-0.2, 0) is 19.0 Å². The van der Waals surface area contributed by atoms with Crippen molar-refractivity contribution in [2.75, 3.05) is 7.11 Å². The van der Waals surface area contributed by atoms with Gasteiger partial charge in [0.25, 0.3) is 18.1 Å². The molecule has 28 heavy (non-hydrogen) atoms. The average molecular weight is 379 g/mol. The first kappa shape index (κ1) is 17.5. The predicted octanol–water partition coefficient (Wildman–Crippen LogP) is 2.18. The minimum atomic E-state index is -1.11. The number of rotatable bonds is 4. The third-order valence-electron chi connectivity index (χ3n) is 4.38. The summed E-state index contributed by atoms with van der Waals surface area (Å²) in [6, 6.07) is 12.8. The molecule has 0 radical (unpaired) electrons. The summed E-state index contributed by atoms with van der Waals surface area (Å²) in [5.41, 5.74) is 0.714. The van der Waals surface area contributed by atoms with Crippen molar-refractivity contribution in [3.63, 3.8) is 0 Å². The molecule has 0 fully saturated rings. The summed E-state index contributed by atoms with van der Waals surface area (Å²) in [5.74, 6) is -2.88. The highest BCUT2D eigenvalue weighted by Crippen LogP contribution is 2.32. The molecular formula is C20H13NO7. The van der Waals surface area contributed by atoms with E-state index in [9.17, 15) is 19.2 Å². The van der Waals surface area contributed by atoms with Gasteiger partial charge in [-0.2, -0.15) is 0 Å². The number of carbonyl (C=O) groups excluding carboxylic acids is 4. The van der Waals surface area contributed by atoms with Gasteiger partial charge in [-0.1, -0.05) is 30.3 Å². The zero-order valence-electron chi connectivity index (χ0n) is 14.6. The number of cyclic esters (lactones) is 1. The molecule has 0 bridgehead atoms. The summed E-state index contributed by atoms with van der Waals surface area (Å²) >= 11 is 0. The maximum atomic E-state index is 12.6. The molecule has 0 unspecified atom stereocenters. The number of methoxy groups -OCH3 is 1. The summed E-state index contributed by atoms with van der Waals surface area (Å²) in [7, 11) is 1.11. The molecule has 0 aromatic heterocycles. The Kier molecular flexibility index (Phi) is 4.15. The lowest BCUT2D eigenvalue weighted by atomic mass is 10.1. The fraction of sp³-hybridized carbons (Fsp3) is 0.100. The van der Waals surface area contributed by atoms with Gasteiger partial charge >= 0.3 is 11.9 Å². The Morgan fingerprint density at radius 3 is 2.14 bits per heavy atom. The molecule has 0 saturated heterocycles. The number of hydrogen-bond donors (Lipinski definition) is 0. The lowest BCUT2D eigenvalue weighted by Crippen LogP contribution is -2.33. The molecule has 2 aliphatic heterocycles. The van der Waals surface area contributed by atoms with Crippen LogP contribution in [0.15, 0.2) is 60.5 Å². The molecule has 0 spiro atoms. The monoisotopic (exact) mass is 379 g/mol. The van der Waals surface area contributed by atoms with Crippen LogP contribution in [0.2, 0.25) is 0 Å². The van der Waals surface area contributed by atoms with E-state index in [-0.39, 0.29) is 11.1 Å². The molecule has 2 heterocycles. The second kappa shape index (κ2) is 6.66. The van der Waals surface area contributed by atoms with Crippen LogP contribution in [0.1, 0.15) is 42.9 Å². The molecule has 2 aromatic carbocycles. The van der Waals surface area contributed by atoms with E-state index in [1.165, 1.54) is 12.1 Å². The normalized spacial score (nSPS) is 17.9. The Hall–Kier alpha value is -3.94. The van der Waals surface area contributed by atoms with E-state index in [2.05, 4.69) is 4.74 Å². The Labute approximate surface area is 158 Å². The van der Waals surface area contributed by atoms with Gasteiger partial charge in [-0.3, -0.25) is 9.59 Å². The Balaban J connectivity index is 1.67. The molecule has 8 heteroatoms. The quantitative estimate of drug-likeness (QED) is 0.347. The van der Waals surface area contributed by atoms with Crippen molar-refractivity contribution in [3.05, 3.63) is 82.7 Å². The Morgan fingerprint density at radius 1 is 0.964 bits per heavy atom. The van der Waals surface area contributed by atoms with Gasteiger partial charge in [-0.05, 0) is 18.2 Å². The van der Waals surface area contributed by atoms with Crippen molar-refractivity contribution in [2.24, 2.45) is 0 Å². The standard InChI is InChI=1S/C20H13NO7/c1-26-19(25)15(21-16(22)11-6-2-3-7-12(11)17(21)23)10-27-20-14-9-5-4-8-13(14)18(24)28-20/h2-10,20H,1H3/b15-10-/t20-/m1/s1. The van der Waals surface area contributed by atoms with E-state index in [0.717, 1.165) is 13.4 Å². The van der Waals surface area contributed by atoms with Gasteiger partial charge in [0.05, 0.1) is 23.8 Å². The molecule has 0 aliphatic carbocycles. The van der Waals surface area contributed by atoms with Gasteiger partial charge in [0, 0.05) is 5.56 Å². The maximum absolute atomic E-state index is 12.6. The number of esters is 2. The van der Waals surface area contributed by atoms with E-state index in [4.69, 9.17) is 9.47 Å². The number of nitrogens with zero attached hydrogens (tertiary/aromatic N) is 1. The van der Waals surface area contributed by atoms with E-state index < -0.39 is 35.7 Å². The minimum absolute atomic E-state index is 0.167. The highest BCUT2D eigenvalue weighted by molar-refractivity contribution is 6.24. The fourth-order valence-corrected chi connectivity index (χ4v) is 3.04. The smallest absolute Gasteiger partial charge is 0.358 e. The first-order valence-corrected chi connectivity index (χ1v) is 8.24. The summed E-state index contributed by atoms with van der Waals surface area (Å²) in [6.07, 6.45) is -0.216. The number of carbonyl (C=O) groups is 4. The lowest BCUT2D eigenvalue weighted by Gasteiger charge is -2.17. The highest BCUT2D eigenvalue weighted by atomic mass is 16.7. The van der Waals surface area contributed by atoms with Crippen LogP contribution in [0.5, 0.6) is 0 Å². The first-order chi connectivity index (χ1) is 13.5. The summed E-state index contributed by atoms with van der Waals surface area (Å²) in [4.78, 5) is 50.1. The highest BCUT2D eigenvalue weighted by Gasteiger charge is 2.41. The number of fused-ring (bicyclic) bond motifs is 2. The molecular weight excluding hydrogens is 366 g/mol. The summed E-state index contributed by atoms with van der Waals surface area (Å²) in [6.45, 7) is 0. The number of ether oxygens (including phenoxy) is 3. The van der Waals surface area contributed by atoms with Crippen molar-refractivity contribution < 1.29 is 33.4 Å². The molecule has 0 N–H and O–H groups in total. The van der Waals surface area contributed by atoms with Crippen molar-refractivity contribution >= 4 is 23.8 Å². The summed E-state index contributed by atoms with van der Waals surface area (Å²) in [5, 5.41) is 0. The number of benzene rings is 2. The van der Waals surface area contributed by atoms with Gasteiger partial charge in [0.2, 0.25) is 0 Å². The fourth-order valence-electron chi connectivity index (χ4n) is 3.04. The van der Waals surface area contributed by atoms with E-state index in [1.54, 1.807) is 36.4 Å². The van der Waals surface area contributed by atoms with Gasteiger partial charge < -0.3 is 14.2 Å². The maximum Gasteiger partial charge on any atom is 0.358 e. The van der Waals surface area contributed by atoms with Crippen molar-refractivity contribution in [3.8, 4) is 0 Å². The van der Waals surface area contributed by atoms with Crippen LogP contribution in [0, 0.1) is 0 Å². The van der Waals surface area contributed by atoms with Gasteiger partial charge in [0.15, 0.2) is 5.70 Å². The number of hydrogen-bond acceptors (Lipinski definition) is 7. The average Bonchev–Trinajstić information content (AvgIpc) is 3.17. The van der Waals surface area contributed by atoms with E-state index in [0.29, 0.717) is 16.0 Å². The molecule has 8 nitrogen and oxygen atoms in total. The SMILES string of the molecule is COC(=O)/C(=C/O[C@@H]1OC(=O)c2ccccc21)N1C(=O)c2ccccc2C1=O. The molecule has 2 amide bonds. The van der Waals surface area contributed by atoms with Gasteiger partial charge in [0.1, 0.15) is 6.26 Å². The number of imide groups is 1. The third kappa shape index (κ3) is 2.62. The zero-order valence-corrected chi connectivity index (χ0v) is 14.6. The molecule has 4 rings (SSSR count). The Morgan fingerprint density at radius 2 is 1.54 bits per heavy atom. The van der Waals surface area contributed by atoms with Crippen molar-refractivity contribution in [2.45, 2.75) is 6.29 Å². The molecule has 0 saturated carbocycles. The van der Waals surface area contributed by atoms with E-state index >= 15 is 0 Å². The first-order valence-electron chi connectivity index (χ1n) is 8.24. The lowest BCUT2D eigenvalue weighted by molar-refractivity contribution is -0.138. The second-order valence-electron chi connectivity index (χ2n) is 5.95. The summed E-state index contributed by atoms with van der Waals surface area (Å²) < 4.78 is 15.3. The number of amides is 2. The van der Waals surface area contributed by atoms with Gasteiger partial charge in [-0.15, -0.1) is 0 Å². The molecule has 140 valence electrons. The van der Waals surface area contributed by atoms with Gasteiger partial charge in [-0.25, -0.2) is 14.5 Å². The zero-order chi connectivity index (χ0) is 19.8. The van der Waals surface area contributed by atoms with Crippen molar-refractivity contribution in [1.29, 1.82) is 0 Å². The minimum Gasteiger partial charge on any atom is -0.464 e. The third-order valence-corrected chi connectivity index (χ3v) is 4.38. The van der Waals surface area contributed by atoms with E-state index in [1.807, 2.05) is 0 Å². The largest absolute Gasteiger partial charge is 0.464 e. The van der Waals surface area contributed by atoms with Crippen molar-refractivity contribution in [1.82, 2.24) is 4.90 Å². The molecule has 2 aromatic rings. The second-order valence-corrected chi connectivity index (χ2v) is 5.95. The van der Waals surface area contributed by atoms with Crippen LogP contribution in [0.25, 0.3) is 0 Å². The van der Waals surface area contributed by atoms with Crippen LogP contribution in [-0.4, -0.2) is 35.8 Å². The topological polar surface area (TPSA) is 99.2 Å². The van der Waals surface area contributed by atoms with Crippen LogP contribution < -0.4 is 0 Å². The Bertz CT molecular complexity index is 1020. The predicted molar refractivity (Wildman–Crippen MR) is 92.7 cm³/mol. The molecule has 2 aliphatic rings. The van der Waals surface area contributed by atoms with Crippen LogP contribution in [0.3, 0.4) is 0 Å². The van der Waals surface area contributed by atoms with Crippen LogP contribution in [0.4, 0.5) is 0 Å². The molecule has 1 atom stereocenters. The van der Waals surface area contributed by atoms with Crippen LogP contribution >= 0.6 is 0 Å².